The third kappa shape index (κ3) is 7.02. The van der Waals surface area contributed by atoms with E-state index in [9.17, 15) is 18.0 Å². The number of esters is 1. The highest BCUT2D eigenvalue weighted by Gasteiger charge is 2.34. The van der Waals surface area contributed by atoms with Gasteiger partial charge in [0.05, 0.1) is 12.7 Å². The largest absolute Gasteiger partial charge is 0.501 e. The summed E-state index contributed by atoms with van der Waals surface area (Å²) >= 11 is 0. The maximum atomic E-state index is 13.6. The smallest absolute Gasteiger partial charge is 0.420 e. The molecule has 0 unspecified atom stereocenters. The molecule has 0 aliphatic heterocycles. The van der Waals surface area contributed by atoms with Crippen LogP contribution in [-0.4, -0.2) is 13.1 Å². The van der Waals surface area contributed by atoms with Crippen LogP contribution in [0.15, 0.2) is 104 Å². The molecule has 0 fully saturated rings. The highest BCUT2D eigenvalue weighted by molar-refractivity contribution is 5.87. The van der Waals surface area contributed by atoms with Gasteiger partial charge in [-0.2, -0.15) is 13.2 Å². The van der Waals surface area contributed by atoms with Gasteiger partial charge in [0.2, 0.25) is 0 Å². The SMILES string of the molecule is C=C(C)C(=O)O/C=C\Oc1ccc(-c2ccc(-c3ccc(O/C=C\OC)c(C(F)(F)F)c3)cc2)cc1. The van der Waals surface area contributed by atoms with Crippen LogP contribution in [0.25, 0.3) is 22.3 Å². The Morgan fingerprint density at radius 3 is 1.86 bits per heavy atom. The molecule has 0 aliphatic rings. The predicted molar refractivity (Wildman–Crippen MR) is 130 cm³/mol. The van der Waals surface area contributed by atoms with E-state index in [1.165, 1.54) is 26.4 Å². The maximum Gasteiger partial charge on any atom is 0.420 e. The Morgan fingerprint density at radius 2 is 1.31 bits per heavy atom. The van der Waals surface area contributed by atoms with Gasteiger partial charge in [-0.05, 0) is 53.4 Å². The minimum atomic E-state index is -4.59. The molecule has 0 bridgehead atoms. The fourth-order valence-corrected chi connectivity index (χ4v) is 3.07. The van der Waals surface area contributed by atoms with E-state index in [0.717, 1.165) is 36.0 Å². The van der Waals surface area contributed by atoms with Gasteiger partial charge < -0.3 is 18.9 Å². The predicted octanol–water partition coefficient (Wildman–Crippen LogP) is 7.51. The average Bonchev–Trinajstić information content (AvgIpc) is 2.86. The molecule has 5 nitrogen and oxygen atoms in total. The normalized spacial score (nSPS) is 11.5. The minimum Gasteiger partial charge on any atom is -0.501 e. The number of methoxy groups -OCH3 is 1. The molecule has 0 saturated heterocycles. The van der Waals surface area contributed by atoms with Gasteiger partial charge in [0.25, 0.3) is 0 Å². The van der Waals surface area contributed by atoms with E-state index in [1.807, 2.05) is 24.3 Å². The topological polar surface area (TPSA) is 54.0 Å². The van der Waals surface area contributed by atoms with Gasteiger partial charge in [0.15, 0.2) is 0 Å². The molecule has 186 valence electrons. The van der Waals surface area contributed by atoms with Crippen LogP contribution in [0, 0.1) is 0 Å². The molecule has 3 aromatic rings. The standard InChI is InChI=1S/C28H23F3O5/c1-19(2)27(32)36-17-16-34-24-11-8-21(9-12-24)20-4-6-22(7-5-20)23-10-13-26(35-15-14-33-3)25(18-23)28(29,30)31/h4-18H,1H2,2-3H3/b15-14-,17-16-. The Balaban J connectivity index is 1.72. The molecule has 0 N–H and O–H groups in total. The summed E-state index contributed by atoms with van der Waals surface area (Å²) < 4.78 is 60.6. The molecular weight excluding hydrogens is 473 g/mol. The zero-order valence-electron chi connectivity index (χ0n) is 19.5. The maximum absolute atomic E-state index is 13.6. The third-order valence-electron chi connectivity index (χ3n) is 4.86. The minimum absolute atomic E-state index is 0.275. The van der Waals surface area contributed by atoms with Gasteiger partial charge >= 0.3 is 12.1 Å². The fraction of sp³-hybridized carbons (Fsp3) is 0.107. The molecule has 0 aliphatic carbocycles. The van der Waals surface area contributed by atoms with Crippen molar-refractivity contribution in [3.05, 3.63) is 109 Å². The number of ether oxygens (including phenoxy) is 4. The first-order chi connectivity index (χ1) is 17.2. The second kappa shape index (κ2) is 11.8. The Labute approximate surface area is 206 Å². The van der Waals surface area contributed by atoms with Crippen LogP contribution in [-0.2, 0) is 20.4 Å². The van der Waals surface area contributed by atoms with Crippen molar-refractivity contribution < 1.29 is 36.9 Å². The third-order valence-corrected chi connectivity index (χ3v) is 4.86. The number of hydrogen-bond donors (Lipinski definition) is 0. The summed E-state index contributed by atoms with van der Waals surface area (Å²) in [4.78, 5) is 11.3. The number of alkyl halides is 3. The van der Waals surface area contributed by atoms with Crippen molar-refractivity contribution in [2.75, 3.05) is 7.11 Å². The number of rotatable bonds is 9. The summed E-state index contributed by atoms with van der Waals surface area (Å²) in [5, 5.41) is 0. The molecule has 0 atom stereocenters. The molecule has 0 radical (unpaired) electrons. The number of carbonyl (C=O) groups is 1. The molecule has 3 aromatic carbocycles. The van der Waals surface area contributed by atoms with E-state index in [4.69, 9.17) is 14.2 Å². The summed E-state index contributed by atoms with van der Waals surface area (Å²) in [5.74, 6) is -0.339. The van der Waals surface area contributed by atoms with E-state index in [2.05, 4.69) is 11.3 Å². The van der Waals surface area contributed by atoms with Crippen LogP contribution in [0.5, 0.6) is 11.5 Å². The summed E-state index contributed by atoms with van der Waals surface area (Å²) in [6.45, 7) is 5.01. The van der Waals surface area contributed by atoms with Crippen LogP contribution >= 0.6 is 0 Å². The Bertz CT molecular complexity index is 1260. The lowest BCUT2D eigenvalue weighted by Crippen LogP contribution is -2.07. The highest BCUT2D eigenvalue weighted by atomic mass is 19.4. The van der Waals surface area contributed by atoms with Gasteiger partial charge in [-0.25, -0.2) is 4.79 Å². The Hall–Kier alpha value is -4.46. The summed E-state index contributed by atoms with van der Waals surface area (Å²) in [7, 11) is 1.36. The lowest BCUT2D eigenvalue weighted by molar-refractivity contribution is -0.138. The van der Waals surface area contributed by atoms with Crippen molar-refractivity contribution in [2.24, 2.45) is 0 Å². The second-order valence-corrected chi connectivity index (χ2v) is 7.51. The van der Waals surface area contributed by atoms with Crippen LogP contribution in [0.1, 0.15) is 12.5 Å². The number of halogens is 3. The Kier molecular flexibility index (Phi) is 8.57. The van der Waals surface area contributed by atoms with E-state index in [-0.39, 0.29) is 11.3 Å². The number of benzene rings is 3. The molecule has 0 saturated carbocycles. The van der Waals surface area contributed by atoms with Gasteiger partial charge in [-0.15, -0.1) is 0 Å². The van der Waals surface area contributed by atoms with Crippen molar-refractivity contribution in [3.63, 3.8) is 0 Å². The Morgan fingerprint density at radius 1 is 0.778 bits per heavy atom. The molecule has 36 heavy (non-hydrogen) atoms. The second-order valence-electron chi connectivity index (χ2n) is 7.51. The van der Waals surface area contributed by atoms with Crippen LogP contribution in [0.4, 0.5) is 13.2 Å². The van der Waals surface area contributed by atoms with Crippen LogP contribution < -0.4 is 9.47 Å². The highest BCUT2D eigenvalue weighted by Crippen LogP contribution is 2.39. The van der Waals surface area contributed by atoms with Crippen molar-refractivity contribution in [1.29, 1.82) is 0 Å². The molecular formula is C28H23F3O5. The summed E-state index contributed by atoms with van der Waals surface area (Å²) in [6, 6.07) is 18.2. The van der Waals surface area contributed by atoms with Gasteiger partial charge in [-0.1, -0.05) is 49.0 Å². The van der Waals surface area contributed by atoms with Crippen molar-refractivity contribution >= 4 is 5.97 Å². The monoisotopic (exact) mass is 496 g/mol. The van der Waals surface area contributed by atoms with E-state index >= 15 is 0 Å². The van der Waals surface area contributed by atoms with E-state index in [1.54, 1.807) is 30.3 Å². The molecule has 0 spiro atoms. The summed E-state index contributed by atoms with van der Waals surface area (Å²) in [6.07, 6.45) is -0.0295. The first-order valence-electron chi connectivity index (χ1n) is 10.6. The van der Waals surface area contributed by atoms with Gasteiger partial charge in [0, 0.05) is 5.57 Å². The van der Waals surface area contributed by atoms with E-state index < -0.39 is 17.7 Å². The summed E-state index contributed by atoms with van der Waals surface area (Å²) in [5.41, 5.74) is 2.17. The molecule has 0 heterocycles. The fourth-order valence-electron chi connectivity index (χ4n) is 3.07. The first-order valence-corrected chi connectivity index (χ1v) is 10.6. The van der Waals surface area contributed by atoms with Crippen LogP contribution in [0.2, 0.25) is 0 Å². The lowest BCUT2D eigenvalue weighted by Gasteiger charge is -2.14. The van der Waals surface area contributed by atoms with Crippen LogP contribution in [0.3, 0.4) is 0 Å². The van der Waals surface area contributed by atoms with Gasteiger partial charge in [0.1, 0.15) is 36.5 Å². The number of hydrogen-bond acceptors (Lipinski definition) is 5. The lowest BCUT2D eigenvalue weighted by atomic mass is 9.98. The zero-order chi connectivity index (χ0) is 26.1. The van der Waals surface area contributed by atoms with Gasteiger partial charge in [-0.3, -0.25) is 0 Å². The average molecular weight is 496 g/mol. The number of carbonyl (C=O) groups excluding carboxylic acids is 1. The molecule has 0 amide bonds. The first kappa shape index (κ1) is 26.2. The molecule has 8 heteroatoms. The molecule has 0 aromatic heterocycles. The van der Waals surface area contributed by atoms with E-state index in [0.29, 0.717) is 16.9 Å². The zero-order valence-corrected chi connectivity index (χ0v) is 19.5. The molecule has 3 rings (SSSR count). The van der Waals surface area contributed by atoms with Crippen molar-refractivity contribution in [2.45, 2.75) is 13.1 Å². The quantitative estimate of drug-likeness (QED) is 0.174. The van der Waals surface area contributed by atoms with Crippen molar-refractivity contribution in [1.82, 2.24) is 0 Å². The van der Waals surface area contributed by atoms with Crippen molar-refractivity contribution in [3.8, 4) is 33.8 Å².